The molecule has 0 bridgehead atoms. The molecule has 1 saturated carbocycles. The van der Waals surface area contributed by atoms with Crippen molar-refractivity contribution in [3.05, 3.63) is 29.6 Å². The molecule has 0 heterocycles. The van der Waals surface area contributed by atoms with Crippen LogP contribution in [0.2, 0.25) is 0 Å². The summed E-state index contributed by atoms with van der Waals surface area (Å²) in [4.78, 5) is 0. The topological polar surface area (TPSA) is 0 Å². The van der Waals surface area contributed by atoms with Crippen molar-refractivity contribution in [1.82, 2.24) is 0 Å². The molecule has 0 nitrogen and oxygen atoms in total. The molecule has 14 heavy (non-hydrogen) atoms. The Bertz CT molecular complexity index is 116. The molecule has 0 aliphatic heterocycles. The second-order valence-corrected chi connectivity index (χ2v) is 4.01. The second-order valence-electron chi connectivity index (χ2n) is 3.34. The van der Waals surface area contributed by atoms with Gasteiger partial charge in [0.15, 0.2) is 0 Å². The first-order valence-corrected chi connectivity index (χ1v) is 6.09. The summed E-state index contributed by atoms with van der Waals surface area (Å²) in [6.07, 6.45) is 0. The molecule has 0 saturated heterocycles. The van der Waals surface area contributed by atoms with Gasteiger partial charge in [0.2, 0.25) is 0 Å². The number of rotatable bonds is 0. The predicted molar refractivity (Wildman–Crippen MR) is 47.9 cm³/mol. The molecule has 1 aliphatic carbocycles. The van der Waals surface area contributed by atoms with E-state index in [-0.39, 0.29) is 0 Å². The van der Waals surface area contributed by atoms with Crippen LogP contribution in [-0.4, -0.2) is 0 Å². The van der Waals surface area contributed by atoms with Crippen molar-refractivity contribution in [2.24, 2.45) is 0 Å². The number of hydrogen-bond acceptors (Lipinski definition) is 0. The van der Waals surface area contributed by atoms with Crippen LogP contribution in [-0.2, 0) is 19.5 Å². The van der Waals surface area contributed by atoms with Crippen molar-refractivity contribution < 1.29 is 28.8 Å². The number of halogens is 3. The van der Waals surface area contributed by atoms with Gasteiger partial charge in [0.1, 0.15) is 0 Å². The van der Waals surface area contributed by atoms with Crippen LogP contribution >= 0.6 is 0 Å². The van der Waals surface area contributed by atoms with E-state index in [4.69, 9.17) is 0 Å². The molecule has 79 valence electrons. The zero-order valence-electron chi connectivity index (χ0n) is 9.13. The Morgan fingerprint density at radius 2 is 0.643 bits per heavy atom. The molecule has 0 aromatic rings. The van der Waals surface area contributed by atoms with Gasteiger partial charge in [-0.3, -0.25) is 0 Å². The van der Waals surface area contributed by atoms with Crippen LogP contribution < -0.4 is 0 Å². The van der Waals surface area contributed by atoms with Crippen molar-refractivity contribution >= 4 is 0 Å². The summed E-state index contributed by atoms with van der Waals surface area (Å²) < 4.78 is 29.5. The Hall–Kier alpha value is 0.504. The van der Waals surface area contributed by atoms with Gasteiger partial charge in [0, 0.05) is 0 Å². The van der Waals surface area contributed by atoms with E-state index in [1.807, 2.05) is 0 Å². The van der Waals surface area contributed by atoms with E-state index in [1.54, 1.807) is 0 Å². The van der Waals surface area contributed by atoms with E-state index >= 15 is 0 Å². The zero-order valence-corrected chi connectivity index (χ0v) is 10.7. The van der Waals surface area contributed by atoms with E-state index in [1.165, 1.54) is 29.6 Å². The molecule has 0 unspecified atom stereocenters. The van der Waals surface area contributed by atoms with Crippen molar-refractivity contribution in [3.63, 3.8) is 0 Å². The van der Waals surface area contributed by atoms with E-state index in [9.17, 15) is 9.28 Å². The van der Waals surface area contributed by atoms with E-state index in [0.717, 1.165) is 0 Å². The van der Waals surface area contributed by atoms with Gasteiger partial charge in [-0.1, -0.05) is 34.6 Å². The van der Waals surface area contributed by atoms with E-state index < -0.39 is 19.5 Å². The summed E-state index contributed by atoms with van der Waals surface area (Å²) in [6, 6.07) is 0. The molecular weight excluding hydrogens is 225 g/mol. The summed E-state index contributed by atoms with van der Waals surface area (Å²) in [6.45, 7) is 11.0. The minimum atomic E-state index is -4.83. The molecule has 0 atom stereocenters. The molecule has 0 aromatic carbocycles. The fourth-order valence-corrected chi connectivity index (χ4v) is 1.41. The van der Waals surface area contributed by atoms with Gasteiger partial charge in [-0.2, -0.15) is 0 Å². The molecule has 0 spiro atoms. The summed E-state index contributed by atoms with van der Waals surface area (Å²) >= 11 is -4.83. The van der Waals surface area contributed by atoms with Gasteiger partial charge >= 0.3 is 28.8 Å². The third-order valence-electron chi connectivity index (χ3n) is 2.81. The fourth-order valence-electron chi connectivity index (χ4n) is 1.41. The summed E-state index contributed by atoms with van der Waals surface area (Å²) in [5.41, 5.74) is 0. The molecule has 1 rings (SSSR count). The Balaban J connectivity index is 0.000000364. The van der Waals surface area contributed by atoms with Crippen molar-refractivity contribution in [2.75, 3.05) is 0 Å². The first-order chi connectivity index (χ1) is 6.29. The molecule has 0 N–H and O–H groups in total. The van der Waals surface area contributed by atoms with Crippen LogP contribution in [0.3, 0.4) is 0 Å². The quantitative estimate of drug-likeness (QED) is 0.556. The molecule has 1 fully saturated rings. The predicted octanol–water partition coefficient (Wildman–Crippen LogP) is 4.23. The average Bonchev–Trinajstić information content (AvgIpc) is 2.23. The van der Waals surface area contributed by atoms with Gasteiger partial charge in [-0.25, -0.2) is 0 Å². The van der Waals surface area contributed by atoms with Crippen LogP contribution in [0.4, 0.5) is 9.28 Å². The maximum atomic E-state index is 9.83. The van der Waals surface area contributed by atoms with E-state index in [2.05, 4.69) is 34.6 Å². The second kappa shape index (κ2) is 6.17. The van der Waals surface area contributed by atoms with Crippen LogP contribution in [0, 0.1) is 29.6 Å². The van der Waals surface area contributed by atoms with Crippen LogP contribution in [0.1, 0.15) is 34.6 Å². The normalized spacial score (nSPS) is 22.3. The maximum absolute atomic E-state index is 9.83. The van der Waals surface area contributed by atoms with Gasteiger partial charge in [-0.05, 0) is 29.6 Å². The SMILES string of the molecule is C[C]1[C](C)[C](C)[C](C)[C]1C.[F][Ti+]([F])[F]. The molecule has 4 heteroatoms. The third-order valence-corrected chi connectivity index (χ3v) is 2.81. The standard InChI is InChI=1S/C10H15.3FH.Ti/c1-6-7(2)9(4)10(5)8(6)3;;;;/h1-5H3;3*1H;/q;;;;+4/p-3. The van der Waals surface area contributed by atoms with Crippen molar-refractivity contribution in [2.45, 2.75) is 34.6 Å². The van der Waals surface area contributed by atoms with Gasteiger partial charge in [0.05, 0.1) is 0 Å². The van der Waals surface area contributed by atoms with Gasteiger partial charge in [-0.15, -0.1) is 0 Å². The first-order valence-electron chi connectivity index (χ1n) is 4.32. The molecular formula is C10H15F3Ti+. The van der Waals surface area contributed by atoms with Crippen LogP contribution in [0.15, 0.2) is 0 Å². The van der Waals surface area contributed by atoms with Gasteiger partial charge < -0.3 is 0 Å². The first kappa shape index (κ1) is 14.5. The van der Waals surface area contributed by atoms with E-state index in [0.29, 0.717) is 0 Å². The summed E-state index contributed by atoms with van der Waals surface area (Å²) in [5, 5.41) is 0. The Kier molecular flexibility index (Phi) is 6.39. The molecule has 1 aliphatic rings. The number of hydrogen-bond donors (Lipinski definition) is 0. The average molecular weight is 240 g/mol. The van der Waals surface area contributed by atoms with Gasteiger partial charge in [0.25, 0.3) is 0 Å². The van der Waals surface area contributed by atoms with Crippen molar-refractivity contribution in [3.8, 4) is 0 Å². The fraction of sp³-hybridized carbons (Fsp3) is 0.500. The third kappa shape index (κ3) is 3.94. The summed E-state index contributed by atoms with van der Waals surface area (Å²) in [5.74, 6) is 7.34. The van der Waals surface area contributed by atoms with Crippen molar-refractivity contribution in [1.29, 1.82) is 0 Å². The Morgan fingerprint density at radius 3 is 0.714 bits per heavy atom. The summed E-state index contributed by atoms with van der Waals surface area (Å²) in [7, 11) is 0. The molecule has 0 aromatic heterocycles. The Morgan fingerprint density at radius 1 is 0.571 bits per heavy atom. The molecule has 5 radical (unpaired) electrons. The monoisotopic (exact) mass is 240 g/mol. The van der Waals surface area contributed by atoms with Crippen LogP contribution in [0.5, 0.6) is 0 Å². The zero-order chi connectivity index (χ0) is 11.5. The van der Waals surface area contributed by atoms with Crippen LogP contribution in [0.25, 0.3) is 0 Å². The Labute approximate surface area is 93.1 Å². The molecule has 0 amide bonds. The minimum absolute atomic E-state index is 1.47.